The van der Waals surface area contributed by atoms with Crippen molar-refractivity contribution in [1.82, 2.24) is 0 Å². The second kappa shape index (κ2) is 20.4. The number of hydrogen-bond donors (Lipinski definition) is 1. The molecular weight excluding hydrogens is 641 g/mol. The molecule has 0 spiro atoms. The fourth-order valence-corrected chi connectivity index (χ4v) is 7.33. The van der Waals surface area contributed by atoms with E-state index in [0.717, 1.165) is 42.6 Å². The van der Waals surface area contributed by atoms with Crippen LogP contribution in [0.4, 0.5) is 0 Å². The monoisotopic (exact) mass is 704 g/mol. The van der Waals surface area contributed by atoms with Crippen molar-refractivity contribution < 1.29 is 28.5 Å². The first-order chi connectivity index (χ1) is 23.7. The van der Waals surface area contributed by atoms with Crippen LogP contribution in [0.2, 0.25) is 18.1 Å². The first-order valence-corrected chi connectivity index (χ1v) is 21.2. The van der Waals surface area contributed by atoms with Gasteiger partial charge in [-0.2, -0.15) is 0 Å². The van der Waals surface area contributed by atoms with Crippen LogP contribution in [0.5, 0.6) is 5.75 Å². The highest BCUT2D eigenvalue weighted by Crippen LogP contribution is 2.38. The molecule has 0 amide bonds. The highest BCUT2D eigenvalue weighted by molar-refractivity contribution is 6.74. The normalized spacial score (nSPS) is 22.6. The van der Waals surface area contributed by atoms with Crippen LogP contribution in [0, 0.1) is 18.3 Å². The third-order valence-corrected chi connectivity index (χ3v) is 14.4. The summed E-state index contributed by atoms with van der Waals surface area (Å²) in [6.45, 7) is 21.0. The minimum Gasteiger partial charge on any atom is -0.497 e. The van der Waals surface area contributed by atoms with E-state index in [9.17, 15) is 5.11 Å². The van der Waals surface area contributed by atoms with Gasteiger partial charge in [0.05, 0.1) is 56.9 Å². The summed E-state index contributed by atoms with van der Waals surface area (Å²) in [6.07, 6.45) is 24.3. The summed E-state index contributed by atoms with van der Waals surface area (Å²) in [5, 5.41) is 11.1. The summed E-state index contributed by atoms with van der Waals surface area (Å²) >= 11 is 0. The molecule has 276 valence electrons. The maximum Gasteiger partial charge on any atom is 0.193 e. The van der Waals surface area contributed by atoms with Crippen molar-refractivity contribution in [2.75, 3.05) is 13.7 Å². The zero-order valence-electron chi connectivity index (χ0n) is 32.0. The molecule has 2 aliphatic heterocycles. The van der Waals surface area contributed by atoms with Gasteiger partial charge in [0, 0.05) is 6.42 Å². The first-order valence-electron chi connectivity index (χ1n) is 18.3. The van der Waals surface area contributed by atoms with Gasteiger partial charge in [-0.1, -0.05) is 100 Å². The Morgan fingerprint density at radius 3 is 2.58 bits per heavy atom. The number of ether oxygens (including phenoxy) is 4. The lowest BCUT2D eigenvalue weighted by atomic mass is 9.91. The fourth-order valence-electron chi connectivity index (χ4n) is 6.06. The lowest BCUT2D eigenvalue weighted by molar-refractivity contribution is -0.0204. The van der Waals surface area contributed by atoms with Crippen LogP contribution in [0.1, 0.15) is 85.1 Å². The van der Waals surface area contributed by atoms with Gasteiger partial charge in [0.1, 0.15) is 5.75 Å². The molecule has 0 saturated carbocycles. The van der Waals surface area contributed by atoms with Crippen LogP contribution in [0.25, 0.3) is 0 Å². The van der Waals surface area contributed by atoms with E-state index >= 15 is 0 Å². The first kappa shape index (κ1) is 41.7. The Bertz CT molecular complexity index is 1340. The number of aliphatic hydroxyl groups excluding tert-OH is 1. The van der Waals surface area contributed by atoms with Crippen LogP contribution in [-0.2, 0) is 25.2 Å². The van der Waals surface area contributed by atoms with Crippen LogP contribution in [-0.4, -0.2) is 63.8 Å². The molecule has 50 heavy (non-hydrogen) atoms. The molecule has 2 heterocycles. The molecule has 7 unspecified atom stereocenters. The highest BCUT2D eigenvalue weighted by Gasteiger charge is 2.40. The Morgan fingerprint density at radius 2 is 1.92 bits per heavy atom. The van der Waals surface area contributed by atoms with E-state index in [1.165, 1.54) is 5.57 Å². The summed E-state index contributed by atoms with van der Waals surface area (Å²) in [5.74, 6) is 3.90. The summed E-state index contributed by atoms with van der Waals surface area (Å²) in [7, 11) is -0.513. The summed E-state index contributed by atoms with van der Waals surface area (Å²) in [6, 6.07) is 7.96. The Morgan fingerprint density at radius 1 is 1.18 bits per heavy atom. The van der Waals surface area contributed by atoms with Gasteiger partial charge in [0.15, 0.2) is 8.32 Å². The van der Waals surface area contributed by atoms with Crippen molar-refractivity contribution in [3.8, 4) is 18.1 Å². The number of aliphatic hydroxyl groups is 1. The molecule has 0 bridgehead atoms. The molecule has 0 aromatic heterocycles. The zero-order valence-corrected chi connectivity index (χ0v) is 33.0. The maximum atomic E-state index is 11.0. The van der Waals surface area contributed by atoms with Gasteiger partial charge in [-0.3, -0.25) is 0 Å². The number of hydrogen-bond acceptors (Lipinski definition) is 6. The third-order valence-electron chi connectivity index (χ3n) is 9.97. The van der Waals surface area contributed by atoms with E-state index in [2.05, 4.69) is 90.6 Å². The lowest BCUT2D eigenvalue weighted by Gasteiger charge is -2.40. The molecule has 2 aliphatic rings. The molecule has 7 heteroatoms. The van der Waals surface area contributed by atoms with Crippen molar-refractivity contribution in [3.63, 3.8) is 0 Å². The molecular formula is C43H64O6Si. The minimum absolute atomic E-state index is 0.00374. The van der Waals surface area contributed by atoms with E-state index in [-0.39, 0.29) is 35.6 Å². The topological polar surface area (TPSA) is 66.4 Å². The molecule has 3 rings (SSSR count). The SMILES string of the molecule is C#CCC1C=CCC(CC(C)CC(=C)CC(O)C=CCC(OCc2ccc(OC)cc2)C(C=CC2CC(C)=CCO2)O[Si](C)(C)C(C)(C)C)O1. The van der Waals surface area contributed by atoms with Crippen LogP contribution >= 0.6 is 0 Å². The van der Waals surface area contributed by atoms with E-state index in [1.807, 2.05) is 36.4 Å². The molecule has 0 aliphatic carbocycles. The van der Waals surface area contributed by atoms with Crippen molar-refractivity contribution in [3.05, 3.63) is 90.1 Å². The molecule has 6 nitrogen and oxygen atoms in total. The lowest BCUT2D eigenvalue weighted by Crippen LogP contribution is -2.47. The Labute approximate surface area is 304 Å². The second-order valence-electron chi connectivity index (χ2n) is 15.7. The highest BCUT2D eigenvalue weighted by atomic mass is 28.4. The zero-order chi connectivity index (χ0) is 36.7. The average molecular weight is 705 g/mol. The smallest absolute Gasteiger partial charge is 0.193 e. The summed E-state index contributed by atoms with van der Waals surface area (Å²) in [4.78, 5) is 0. The van der Waals surface area contributed by atoms with Gasteiger partial charge in [-0.15, -0.1) is 12.3 Å². The van der Waals surface area contributed by atoms with Crippen molar-refractivity contribution in [2.24, 2.45) is 5.92 Å². The fraction of sp³-hybridized carbons (Fsp3) is 0.581. The Hall–Kier alpha value is -2.70. The van der Waals surface area contributed by atoms with Gasteiger partial charge in [-0.05, 0) is 87.2 Å². The molecule has 1 N–H and O–H groups in total. The van der Waals surface area contributed by atoms with Crippen molar-refractivity contribution >= 4 is 8.32 Å². The predicted molar refractivity (Wildman–Crippen MR) is 209 cm³/mol. The van der Waals surface area contributed by atoms with E-state index in [0.29, 0.717) is 38.4 Å². The average Bonchev–Trinajstić information content (AvgIpc) is 3.04. The van der Waals surface area contributed by atoms with Gasteiger partial charge in [0.2, 0.25) is 0 Å². The summed E-state index contributed by atoms with van der Waals surface area (Å²) < 4.78 is 31.3. The predicted octanol–water partition coefficient (Wildman–Crippen LogP) is 9.67. The number of terminal acetylenes is 1. The standard InChI is InChI=1S/C43H64O6Si/c1-11-14-38-16-13-17-40(48-38)30-34(4)27-33(3)28-36(44)15-12-18-41(47-31-35-19-21-37(45-8)22-20-35)42(49-50(9,10)43(5,6)7)24-23-39-29-32(2)25-26-46-39/h1,12-13,15-16,19-25,34,36,38-42,44H,3,14,17-18,26-31H2,2,4-10H3. The largest absolute Gasteiger partial charge is 0.497 e. The molecule has 1 aromatic rings. The van der Waals surface area contributed by atoms with Crippen LogP contribution in [0.3, 0.4) is 0 Å². The number of rotatable bonds is 19. The van der Waals surface area contributed by atoms with E-state index in [4.69, 9.17) is 29.8 Å². The molecule has 0 fully saturated rings. The molecule has 1 aromatic carbocycles. The molecule has 0 radical (unpaired) electrons. The number of methoxy groups -OCH3 is 1. The van der Waals surface area contributed by atoms with Crippen molar-refractivity contribution in [2.45, 2.75) is 141 Å². The Kier molecular flexibility index (Phi) is 17.0. The van der Waals surface area contributed by atoms with Crippen molar-refractivity contribution in [1.29, 1.82) is 0 Å². The maximum absolute atomic E-state index is 11.0. The molecule has 7 atom stereocenters. The van der Waals surface area contributed by atoms with Crippen LogP contribution < -0.4 is 4.74 Å². The van der Waals surface area contributed by atoms with E-state index < -0.39 is 14.4 Å². The van der Waals surface area contributed by atoms with Crippen LogP contribution in [0.15, 0.2) is 84.5 Å². The van der Waals surface area contributed by atoms with Gasteiger partial charge >= 0.3 is 0 Å². The Balaban J connectivity index is 1.70. The minimum atomic E-state index is -2.18. The van der Waals surface area contributed by atoms with E-state index in [1.54, 1.807) is 7.11 Å². The third kappa shape index (κ3) is 14.5. The second-order valence-corrected chi connectivity index (χ2v) is 20.4. The summed E-state index contributed by atoms with van der Waals surface area (Å²) in [5.41, 5.74) is 3.42. The number of benzene rings is 1. The van der Waals surface area contributed by atoms with Gasteiger partial charge in [-0.25, -0.2) is 0 Å². The quantitative estimate of drug-likeness (QED) is 0.0879. The van der Waals surface area contributed by atoms with Gasteiger partial charge < -0.3 is 28.5 Å². The van der Waals surface area contributed by atoms with Gasteiger partial charge in [0.25, 0.3) is 0 Å². The molecule has 0 saturated heterocycles.